The van der Waals surface area contributed by atoms with Crippen LogP contribution in [0.3, 0.4) is 0 Å². The Morgan fingerprint density at radius 2 is 2.23 bits per heavy atom. The smallest absolute Gasteiger partial charge is 0.342 e. The van der Waals surface area contributed by atoms with Gasteiger partial charge in [-0.05, 0) is 30.7 Å². The summed E-state index contributed by atoms with van der Waals surface area (Å²) in [6.45, 7) is 0.390. The molecule has 0 amide bonds. The summed E-state index contributed by atoms with van der Waals surface area (Å²) >= 11 is 0. The minimum Gasteiger partial charge on any atom is -0.424 e. The average Bonchev–Trinajstić information content (AvgIpc) is 2.09. The van der Waals surface area contributed by atoms with Crippen LogP contribution >= 0.6 is 0 Å². The Labute approximate surface area is 74.1 Å². The Hall–Kier alpha value is -1.45. The SMILES string of the molecule is Cc1cc(F)ccc1OC(=O)CF. The number of rotatable bonds is 2. The highest BCUT2D eigenvalue weighted by molar-refractivity contribution is 5.73. The molecule has 1 rings (SSSR count). The first-order valence-corrected chi connectivity index (χ1v) is 3.66. The normalized spacial score (nSPS) is 9.77. The minimum absolute atomic E-state index is 0.184. The number of carbonyl (C=O) groups excluding carboxylic acids is 1. The third-order valence-electron chi connectivity index (χ3n) is 1.47. The predicted molar refractivity (Wildman–Crippen MR) is 42.7 cm³/mol. The van der Waals surface area contributed by atoms with Crippen LogP contribution in [0, 0.1) is 12.7 Å². The third kappa shape index (κ3) is 2.50. The number of hydrogen-bond acceptors (Lipinski definition) is 2. The van der Waals surface area contributed by atoms with Crippen LogP contribution in [0.1, 0.15) is 5.56 Å². The topological polar surface area (TPSA) is 26.3 Å². The molecule has 0 unspecified atom stereocenters. The number of esters is 1. The molecule has 4 heteroatoms. The molecule has 0 saturated carbocycles. The van der Waals surface area contributed by atoms with Gasteiger partial charge in [0.2, 0.25) is 0 Å². The van der Waals surface area contributed by atoms with E-state index in [9.17, 15) is 13.6 Å². The summed E-state index contributed by atoms with van der Waals surface area (Å²) in [5.74, 6) is -1.21. The lowest BCUT2D eigenvalue weighted by Crippen LogP contribution is -2.10. The molecule has 0 atom stereocenters. The molecular weight excluding hydrogens is 178 g/mol. The number of carbonyl (C=O) groups is 1. The van der Waals surface area contributed by atoms with Crippen LogP contribution in [0.4, 0.5) is 8.78 Å². The second kappa shape index (κ2) is 3.98. The van der Waals surface area contributed by atoms with Crippen molar-refractivity contribution < 1.29 is 18.3 Å². The van der Waals surface area contributed by atoms with Gasteiger partial charge in [0.15, 0.2) is 6.67 Å². The molecule has 0 aliphatic heterocycles. The maximum atomic E-state index is 12.6. The maximum absolute atomic E-state index is 12.6. The van der Waals surface area contributed by atoms with Gasteiger partial charge in [-0.1, -0.05) is 0 Å². The Morgan fingerprint density at radius 1 is 1.54 bits per heavy atom. The molecule has 0 radical (unpaired) electrons. The van der Waals surface area contributed by atoms with Gasteiger partial charge in [0, 0.05) is 0 Å². The largest absolute Gasteiger partial charge is 0.424 e. The highest BCUT2D eigenvalue weighted by Gasteiger charge is 2.06. The molecule has 0 saturated heterocycles. The second-order valence-electron chi connectivity index (χ2n) is 2.52. The summed E-state index contributed by atoms with van der Waals surface area (Å²) < 4.78 is 28.9. The van der Waals surface area contributed by atoms with E-state index in [2.05, 4.69) is 4.74 Å². The molecule has 0 aliphatic carbocycles. The summed E-state index contributed by atoms with van der Waals surface area (Å²) in [4.78, 5) is 10.5. The van der Waals surface area contributed by atoms with E-state index in [0.717, 1.165) is 6.07 Å². The molecule has 0 spiro atoms. The lowest BCUT2D eigenvalue weighted by Gasteiger charge is -2.04. The summed E-state index contributed by atoms with van der Waals surface area (Å²) in [5, 5.41) is 0. The molecule has 1 aromatic carbocycles. The van der Waals surface area contributed by atoms with Gasteiger partial charge >= 0.3 is 5.97 Å². The van der Waals surface area contributed by atoms with Gasteiger partial charge in [-0.3, -0.25) is 0 Å². The molecule has 0 heterocycles. The second-order valence-corrected chi connectivity index (χ2v) is 2.52. The highest BCUT2D eigenvalue weighted by atomic mass is 19.1. The van der Waals surface area contributed by atoms with Gasteiger partial charge in [-0.2, -0.15) is 0 Å². The van der Waals surface area contributed by atoms with Crippen molar-refractivity contribution in [3.05, 3.63) is 29.6 Å². The first kappa shape index (κ1) is 9.64. The zero-order chi connectivity index (χ0) is 9.84. The van der Waals surface area contributed by atoms with Gasteiger partial charge in [0.1, 0.15) is 11.6 Å². The molecule has 0 bridgehead atoms. The van der Waals surface area contributed by atoms with Crippen molar-refractivity contribution in [2.24, 2.45) is 0 Å². The van der Waals surface area contributed by atoms with E-state index >= 15 is 0 Å². The number of hydrogen-bond donors (Lipinski definition) is 0. The molecule has 1 aromatic rings. The van der Waals surface area contributed by atoms with E-state index in [1.165, 1.54) is 12.1 Å². The van der Waals surface area contributed by atoms with Crippen molar-refractivity contribution in [2.45, 2.75) is 6.92 Å². The van der Waals surface area contributed by atoms with Gasteiger partial charge in [0.05, 0.1) is 0 Å². The molecule has 0 N–H and O–H groups in total. The Balaban J connectivity index is 2.83. The van der Waals surface area contributed by atoms with Gasteiger partial charge in [-0.15, -0.1) is 0 Å². The van der Waals surface area contributed by atoms with Crippen LogP contribution in [0.5, 0.6) is 5.75 Å². The van der Waals surface area contributed by atoms with Crippen LogP contribution < -0.4 is 4.74 Å². The molecule has 0 aromatic heterocycles. The lowest BCUT2D eigenvalue weighted by atomic mass is 10.2. The van der Waals surface area contributed by atoms with Crippen LogP contribution in [-0.4, -0.2) is 12.6 Å². The molecule has 13 heavy (non-hydrogen) atoms. The van der Waals surface area contributed by atoms with Crippen molar-refractivity contribution >= 4 is 5.97 Å². The number of halogens is 2. The van der Waals surface area contributed by atoms with Crippen molar-refractivity contribution in [1.82, 2.24) is 0 Å². The van der Waals surface area contributed by atoms with Gasteiger partial charge < -0.3 is 4.74 Å². The standard InChI is InChI=1S/C9H8F2O2/c1-6-4-7(11)2-3-8(6)13-9(12)5-10/h2-4H,5H2,1H3. The molecule has 0 aliphatic rings. The predicted octanol–water partition coefficient (Wildman–Crippen LogP) is 2.01. The van der Waals surface area contributed by atoms with Crippen LogP contribution in [-0.2, 0) is 4.79 Å². The van der Waals surface area contributed by atoms with E-state index in [0.29, 0.717) is 5.56 Å². The van der Waals surface area contributed by atoms with E-state index in [-0.39, 0.29) is 5.75 Å². The zero-order valence-electron chi connectivity index (χ0n) is 7.01. The van der Waals surface area contributed by atoms with E-state index < -0.39 is 18.5 Å². The maximum Gasteiger partial charge on any atom is 0.342 e. The lowest BCUT2D eigenvalue weighted by molar-refractivity contribution is -0.135. The summed E-state index contributed by atoms with van der Waals surface area (Å²) in [6.07, 6.45) is 0. The van der Waals surface area contributed by atoms with Crippen LogP contribution in [0.2, 0.25) is 0 Å². The van der Waals surface area contributed by atoms with Crippen molar-refractivity contribution in [2.75, 3.05) is 6.67 Å². The first-order chi connectivity index (χ1) is 6.13. The Bertz CT molecular complexity index is 323. The van der Waals surface area contributed by atoms with E-state index in [4.69, 9.17) is 0 Å². The number of alkyl halides is 1. The Kier molecular flexibility index (Phi) is 2.95. The number of ether oxygens (including phenoxy) is 1. The monoisotopic (exact) mass is 186 g/mol. The van der Waals surface area contributed by atoms with Crippen molar-refractivity contribution in [1.29, 1.82) is 0 Å². The fraction of sp³-hybridized carbons (Fsp3) is 0.222. The van der Waals surface area contributed by atoms with Crippen LogP contribution in [0.15, 0.2) is 18.2 Å². The minimum atomic E-state index is -1.18. The summed E-state index contributed by atoms with van der Waals surface area (Å²) in [5.41, 5.74) is 0.460. The summed E-state index contributed by atoms with van der Waals surface area (Å²) in [6, 6.07) is 3.65. The summed E-state index contributed by atoms with van der Waals surface area (Å²) in [7, 11) is 0. The number of benzene rings is 1. The highest BCUT2D eigenvalue weighted by Crippen LogP contribution is 2.18. The Morgan fingerprint density at radius 3 is 2.77 bits per heavy atom. The molecular formula is C9H8F2O2. The number of aryl methyl sites for hydroxylation is 1. The third-order valence-corrected chi connectivity index (χ3v) is 1.47. The fourth-order valence-corrected chi connectivity index (χ4v) is 0.877. The zero-order valence-corrected chi connectivity index (χ0v) is 7.01. The molecule has 70 valence electrons. The molecule has 0 fully saturated rings. The van der Waals surface area contributed by atoms with Gasteiger partial charge in [-0.25, -0.2) is 13.6 Å². The first-order valence-electron chi connectivity index (χ1n) is 3.66. The quantitative estimate of drug-likeness (QED) is 0.521. The average molecular weight is 186 g/mol. The fourth-order valence-electron chi connectivity index (χ4n) is 0.877. The van der Waals surface area contributed by atoms with Crippen molar-refractivity contribution in [3.63, 3.8) is 0 Å². The van der Waals surface area contributed by atoms with Gasteiger partial charge in [0.25, 0.3) is 0 Å². The van der Waals surface area contributed by atoms with Crippen molar-refractivity contribution in [3.8, 4) is 5.75 Å². The van der Waals surface area contributed by atoms with Crippen LogP contribution in [0.25, 0.3) is 0 Å². The molecule has 2 nitrogen and oxygen atoms in total. The van der Waals surface area contributed by atoms with E-state index in [1.807, 2.05) is 0 Å². The van der Waals surface area contributed by atoms with E-state index in [1.54, 1.807) is 6.92 Å².